The third-order valence-corrected chi connectivity index (χ3v) is 3.15. The van der Waals surface area contributed by atoms with E-state index in [9.17, 15) is 8.78 Å². The Morgan fingerprint density at radius 3 is 2.47 bits per heavy atom. The van der Waals surface area contributed by atoms with Crippen LogP contribution in [-0.4, -0.2) is 12.0 Å². The Morgan fingerprint density at radius 1 is 1.21 bits per heavy atom. The number of nitrogens with one attached hydrogen (secondary N) is 1. The highest BCUT2D eigenvalue weighted by Crippen LogP contribution is 2.21. The Morgan fingerprint density at radius 2 is 1.89 bits per heavy atom. The van der Waals surface area contributed by atoms with Crippen LogP contribution in [0.5, 0.6) is 0 Å². The fourth-order valence-corrected chi connectivity index (χ4v) is 2.21. The van der Waals surface area contributed by atoms with Crippen LogP contribution < -0.4 is 5.32 Å². The molecule has 19 heavy (non-hydrogen) atoms. The van der Waals surface area contributed by atoms with Gasteiger partial charge in [-0.3, -0.25) is 4.98 Å². The van der Waals surface area contributed by atoms with Gasteiger partial charge in [0.05, 0.1) is 0 Å². The van der Waals surface area contributed by atoms with E-state index in [2.05, 4.69) is 10.3 Å². The first-order valence-corrected chi connectivity index (χ1v) is 6.13. The molecule has 0 amide bonds. The molecule has 0 spiro atoms. The van der Waals surface area contributed by atoms with E-state index in [-0.39, 0.29) is 6.04 Å². The molecule has 0 fully saturated rings. The van der Waals surface area contributed by atoms with Crippen molar-refractivity contribution in [3.8, 4) is 0 Å². The van der Waals surface area contributed by atoms with E-state index in [1.54, 1.807) is 12.4 Å². The molecule has 1 aromatic heterocycles. The average Bonchev–Trinajstić information content (AvgIpc) is 2.36. The van der Waals surface area contributed by atoms with E-state index in [0.717, 1.165) is 17.2 Å². The van der Waals surface area contributed by atoms with Crippen LogP contribution in [0.15, 0.2) is 36.7 Å². The van der Waals surface area contributed by atoms with Gasteiger partial charge in [0, 0.05) is 24.5 Å². The number of nitrogens with zero attached hydrogens (tertiary/aromatic N) is 1. The number of halogens is 2. The molecule has 0 saturated heterocycles. The predicted molar refractivity (Wildman–Crippen MR) is 70.8 cm³/mol. The largest absolute Gasteiger partial charge is 0.313 e. The molecule has 0 aliphatic heterocycles. The Bertz CT molecular complexity index is 550. The summed E-state index contributed by atoms with van der Waals surface area (Å²) in [6.45, 7) is 1.97. The van der Waals surface area contributed by atoms with Gasteiger partial charge >= 0.3 is 0 Å². The molecule has 0 radical (unpaired) electrons. The number of likely N-dealkylation sites (N-methyl/N-ethyl adjacent to an activating group) is 1. The third kappa shape index (κ3) is 3.35. The molecule has 100 valence electrons. The van der Waals surface area contributed by atoms with Crippen LogP contribution in [0.4, 0.5) is 8.78 Å². The summed E-state index contributed by atoms with van der Waals surface area (Å²) in [4.78, 5) is 4.05. The van der Waals surface area contributed by atoms with Gasteiger partial charge in [-0.2, -0.15) is 0 Å². The second-order valence-corrected chi connectivity index (χ2v) is 4.56. The summed E-state index contributed by atoms with van der Waals surface area (Å²) in [5, 5.41) is 3.17. The van der Waals surface area contributed by atoms with Gasteiger partial charge in [0.25, 0.3) is 0 Å². The molecule has 0 saturated carbocycles. The summed E-state index contributed by atoms with van der Waals surface area (Å²) in [6.07, 6.45) is 4.03. The van der Waals surface area contributed by atoms with Gasteiger partial charge in [-0.15, -0.1) is 0 Å². The van der Waals surface area contributed by atoms with Gasteiger partial charge in [0.2, 0.25) is 0 Å². The van der Waals surface area contributed by atoms with Crippen LogP contribution in [0.2, 0.25) is 0 Å². The van der Waals surface area contributed by atoms with Crippen LogP contribution >= 0.6 is 0 Å². The van der Waals surface area contributed by atoms with Crippen molar-refractivity contribution in [3.05, 3.63) is 65.0 Å². The smallest absolute Gasteiger partial charge is 0.126 e. The quantitative estimate of drug-likeness (QED) is 0.915. The van der Waals surface area contributed by atoms with Crippen LogP contribution in [0.1, 0.15) is 22.7 Å². The van der Waals surface area contributed by atoms with Crippen LogP contribution in [-0.2, 0) is 6.42 Å². The fraction of sp³-hybridized carbons (Fsp3) is 0.267. The highest BCUT2D eigenvalue weighted by atomic mass is 19.1. The SMILES string of the molecule is CNC(Cc1cc(F)cc(F)c1)c1ccncc1C. The maximum absolute atomic E-state index is 13.2. The van der Waals surface area contributed by atoms with E-state index in [0.29, 0.717) is 12.0 Å². The van der Waals surface area contributed by atoms with Crippen molar-refractivity contribution in [1.29, 1.82) is 0 Å². The minimum atomic E-state index is -0.545. The van der Waals surface area contributed by atoms with Gasteiger partial charge in [-0.05, 0) is 55.3 Å². The second kappa shape index (κ2) is 5.89. The van der Waals surface area contributed by atoms with Crippen LogP contribution in [0, 0.1) is 18.6 Å². The average molecular weight is 262 g/mol. The maximum atomic E-state index is 13.2. The molecular weight excluding hydrogens is 246 g/mol. The maximum Gasteiger partial charge on any atom is 0.126 e. The number of aryl methyl sites for hydroxylation is 1. The molecular formula is C15H16F2N2. The Kier molecular flexibility index (Phi) is 4.22. The summed E-state index contributed by atoms with van der Waals surface area (Å²) >= 11 is 0. The summed E-state index contributed by atoms with van der Waals surface area (Å²) in [6, 6.07) is 5.54. The van der Waals surface area contributed by atoms with Crippen molar-refractivity contribution in [3.63, 3.8) is 0 Å². The number of aromatic nitrogens is 1. The van der Waals surface area contributed by atoms with Gasteiger partial charge < -0.3 is 5.32 Å². The molecule has 1 N–H and O–H groups in total. The fourth-order valence-electron chi connectivity index (χ4n) is 2.21. The third-order valence-electron chi connectivity index (χ3n) is 3.15. The first kappa shape index (κ1) is 13.6. The van der Waals surface area contributed by atoms with Crippen molar-refractivity contribution < 1.29 is 8.78 Å². The lowest BCUT2D eigenvalue weighted by Gasteiger charge is -2.18. The predicted octanol–water partition coefficient (Wildman–Crippen LogP) is 3.17. The van der Waals surface area contributed by atoms with Crippen LogP contribution in [0.3, 0.4) is 0 Å². The first-order valence-electron chi connectivity index (χ1n) is 6.13. The van der Waals surface area contributed by atoms with E-state index < -0.39 is 11.6 Å². The van der Waals surface area contributed by atoms with Gasteiger partial charge in [-0.1, -0.05) is 0 Å². The van der Waals surface area contributed by atoms with Crippen molar-refractivity contribution in [2.45, 2.75) is 19.4 Å². The van der Waals surface area contributed by atoms with Crippen molar-refractivity contribution in [2.24, 2.45) is 0 Å². The highest BCUT2D eigenvalue weighted by molar-refractivity contribution is 5.28. The minimum absolute atomic E-state index is 0.00389. The Balaban J connectivity index is 2.26. The summed E-state index contributed by atoms with van der Waals surface area (Å²) in [5.41, 5.74) is 2.77. The molecule has 1 aromatic carbocycles. The van der Waals surface area contributed by atoms with Crippen LogP contribution in [0.25, 0.3) is 0 Å². The van der Waals surface area contributed by atoms with Crippen molar-refractivity contribution >= 4 is 0 Å². The van der Waals surface area contributed by atoms with E-state index in [1.807, 2.05) is 20.0 Å². The first-order chi connectivity index (χ1) is 9.10. The van der Waals surface area contributed by atoms with Gasteiger partial charge in [-0.25, -0.2) is 8.78 Å². The van der Waals surface area contributed by atoms with E-state index in [4.69, 9.17) is 0 Å². The zero-order valence-corrected chi connectivity index (χ0v) is 11.0. The number of hydrogen-bond acceptors (Lipinski definition) is 2. The standard InChI is InChI=1S/C15H16F2N2/c1-10-9-19-4-3-14(10)15(18-2)7-11-5-12(16)8-13(17)6-11/h3-6,8-9,15,18H,7H2,1-2H3. The second-order valence-electron chi connectivity index (χ2n) is 4.56. The summed E-state index contributed by atoms with van der Waals surface area (Å²) < 4.78 is 26.4. The lowest BCUT2D eigenvalue weighted by Crippen LogP contribution is -2.20. The molecule has 1 atom stereocenters. The minimum Gasteiger partial charge on any atom is -0.313 e. The van der Waals surface area contributed by atoms with E-state index in [1.165, 1.54) is 12.1 Å². The van der Waals surface area contributed by atoms with Crippen molar-refractivity contribution in [2.75, 3.05) is 7.05 Å². The number of pyridine rings is 1. The number of rotatable bonds is 4. The van der Waals surface area contributed by atoms with Gasteiger partial charge in [0.15, 0.2) is 0 Å². The Hall–Kier alpha value is -1.81. The van der Waals surface area contributed by atoms with Crippen molar-refractivity contribution in [1.82, 2.24) is 10.3 Å². The van der Waals surface area contributed by atoms with Gasteiger partial charge in [0.1, 0.15) is 11.6 Å². The molecule has 1 unspecified atom stereocenters. The molecule has 4 heteroatoms. The topological polar surface area (TPSA) is 24.9 Å². The number of hydrogen-bond donors (Lipinski definition) is 1. The molecule has 2 rings (SSSR count). The lowest BCUT2D eigenvalue weighted by atomic mass is 9.97. The normalized spacial score (nSPS) is 12.4. The summed E-state index contributed by atoms with van der Waals surface area (Å²) in [7, 11) is 1.83. The Labute approximate surface area is 111 Å². The molecule has 2 aromatic rings. The molecule has 0 bridgehead atoms. The van der Waals surface area contributed by atoms with E-state index >= 15 is 0 Å². The molecule has 0 aliphatic carbocycles. The zero-order valence-electron chi connectivity index (χ0n) is 11.0. The zero-order chi connectivity index (χ0) is 13.8. The molecule has 0 aliphatic rings. The molecule has 2 nitrogen and oxygen atoms in total. The highest BCUT2D eigenvalue weighted by Gasteiger charge is 2.13. The summed E-state index contributed by atoms with van der Waals surface area (Å²) in [5.74, 6) is -1.09. The molecule has 1 heterocycles. The lowest BCUT2D eigenvalue weighted by molar-refractivity contribution is 0.560. The monoisotopic (exact) mass is 262 g/mol. The number of benzene rings is 1.